The van der Waals surface area contributed by atoms with Gasteiger partial charge in [0.15, 0.2) is 0 Å². The Labute approximate surface area is 104 Å². The molecule has 1 saturated carbocycles. The van der Waals surface area contributed by atoms with Crippen molar-refractivity contribution in [1.29, 1.82) is 0 Å². The zero-order valence-corrected chi connectivity index (χ0v) is 11.0. The van der Waals surface area contributed by atoms with Crippen molar-refractivity contribution in [1.82, 2.24) is 0 Å². The minimum Gasteiger partial charge on any atom is -0.469 e. The highest BCUT2D eigenvalue weighted by atomic mass is 16.5. The van der Waals surface area contributed by atoms with Gasteiger partial charge in [0.25, 0.3) is 0 Å². The summed E-state index contributed by atoms with van der Waals surface area (Å²) in [7, 11) is 1.44. The first-order chi connectivity index (χ1) is 8.19. The number of carbonyl (C=O) groups is 2. The number of ether oxygens (including phenoxy) is 1. The van der Waals surface area contributed by atoms with Crippen molar-refractivity contribution in [3.8, 4) is 0 Å². The summed E-state index contributed by atoms with van der Waals surface area (Å²) in [6.07, 6.45) is 7.36. The van der Waals surface area contributed by atoms with Crippen LogP contribution in [0.1, 0.15) is 58.3 Å². The van der Waals surface area contributed by atoms with Gasteiger partial charge in [-0.2, -0.15) is 0 Å². The van der Waals surface area contributed by atoms with E-state index >= 15 is 0 Å². The Morgan fingerprint density at radius 2 is 1.94 bits per heavy atom. The van der Waals surface area contributed by atoms with E-state index in [1.54, 1.807) is 0 Å². The lowest BCUT2D eigenvalue weighted by Crippen LogP contribution is -2.29. The first-order valence-corrected chi connectivity index (χ1v) is 6.78. The Hall–Kier alpha value is -0.860. The minimum absolute atomic E-state index is 0.0423. The summed E-state index contributed by atoms with van der Waals surface area (Å²) in [6, 6.07) is 0. The number of carbonyl (C=O) groups excluding carboxylic acids is 2. The van der Waals surface area contributed by atoms with Crippen molar-refractivity contribution in [2.45, 2.75) is 58.3 Å². The predicted molar refractivity (Wildman–Crippen MR) is 66.6 cm³/mol. The highest BCUT2D eigenvalue weighted by molar-refractivity contribution is 5.80. The molecule has 0 N–H and O–H groups in total. The third kappa shape index (κ3) is 4.49. The second-order valence-electron chi connectivity index (χ2n) is 5.02. The van der Waals surface area contributed by atoms with Gasteiger partial charge in [0.1, 0.15) is 5.78 Å². The van der Waals surface area contributed by atoms with E-state index < -0.39 is 0 Å². The van der Waals surface area contributed by atoms with Crippen LogP contribution in [0.25, 0.3) is 0 Å². The fourth-order valence-electron chi connectivity index (χ4n) is 2.68. The van der Waals surface area contributed by atoms with Crippen LogP contribution in [-0.2, 0) is 14.3 Å². The van der Waals surface area contributed by atoms with Crippen molar-refractivity contribution in [3.63, 3.8) is 0 Å². The van der Waals surface area contributed by atoms with Gasteiger partial charge in [-0.1, -0.05) is 26.2 Å². The minimum atomic E-state index is -0.127. The van der Waals surface area contributed by atoms with Crippen molar-refractivity contribution < 1.29 is 14.3 Å². The van der Waals surface area contributed by atoms with Crippen LogP contribution in [0.4, 0.5) is 0 Å². The van der Waals surface area contributed by atoms with Gasteiger partial charge in [-0.25, -0.2) is 0 Å². The second-order valence-corrected chi connectivity index (χ2v) is 5.02. The van der Waals surface area contributed by atoms with Gasteiger partial charge in [0.2, 0.25) is 0 Å². The average molecular weight is 240 g/mol. The predicted octanol–water partition coefficient (Wildman–Crippen LogP) is 3.12. The van der Waals surface area contributed by atoms with Crippen LogP contribution >= 0.6 is 0 Å². The molecule has 2 atom stereocenters. The van der Waals surface area contributed by atoms with E-state index in [1.807, 2.05) is 0 Å². The second kappa shape index (κ2) is 7.46. The quantitative estimate of drug-likeness (QED) is 0.670. The topological polar surface area (TPSA) is 43.4 Å². The van der Waals surface area contributed by atoms with Gasteiger partial charge >= 0.3 is 5.97 Å². The SMILES string of the molecule is CCCCC(=O)C[C@H]1CCCC[C@@H]1C(=O)OC. The molecule has 1 aliphatic carbocycles. The van der Waals surface area contributed by atoms with E-state index in [0.29, 0.717) is 18.6 Å². The van der Waals surface area contributed by atoms with Crippen LogP contribution in [0.3, 0.4) is 0 Å². The lowest BCUT2D eigenvalue weighted by molar-refractivity contribution is -0.149. The number of esters is 1. The Morgan fingerprint density at radius 1 is 1.24 bits per heavy atom. The Morgan fingerprint density at radius 3 is 2.59 bits per heavy atom. The summed E-state index contributed by atoms with van der Waals surface area (Å²) in [5.41, 5.74) is 0. The van der Waals surface area contributed by atoms with Crippen molar-refractivity contribution in [2.75, 3.05) is 7.11 Å². The third-order valence-corrected chi connectivity index (χ3v) is 3.71. The van der Waals surface area contributed by atoms with Gasteiger partial charge in [0.05, 0.1) is 13.0 Å². The molecule has 3 nitrogen and oxygen atoms in total. The molecular formula is C14H24O3. The summed E-state index contributed by atoms with van der Waals surface area (Å²) in [4.78, 5) is 23.4. The molecule has 0 aliphatic heterocycles. The maximum Gasteiger partial charge on any atom is 0.308 e. The maximum absolute atomic E-state index is 11.8. The largest absolute Gasteiger partial charge is 0.469 e. The molecule has 0 saturated heterocycles. The van der Waals surface area contributed by atoms with E-state index in [4.69, 9.17) is 4.74 Å². The van der Waals surface area contributed by atoms with Crippen LogP contribution < -0.4 is 0 Å². The van der Waals surface area contributed by atoms with Gasteiger partial charge < -0.3 is 4.74 Å². The zero-order valence-electron chi connectivity index (χ0n) is 11.0. The standard InChI is InChI=1S/C14H24O3/c1-3-4-8-12(15)10-11-7-5-6-9-13(11)14(16)17-2/h11,13H,3-10H2,1-2H3/t11-,13+/m1/s1. The fourth-order valence-corrected chi connectivity index (χ4v) is 2.68. The van der Waals surface area contributed by atoms with Crippen LogP contribution in [0.15, 0.2) is 0 Å². The van der Waals surface area contributed by atoms with E-state index in [2.05, 4.69) is 6.92 Å². The number of unbranched alkanes of at least 4 members (excludes halogenated alkanes) is 1. The Kier molecular flexibility index (Phi) is 6.23. The molecule has 1 rings (SSSR count). The summed E-state index contributed by atoms with van der Waals surface area (Å²) < 4.78 is 4.83. The van der Waals surface area contributed by atoms with Crippen LogP contribution in [0, 0.1) is 11.8 Å². The molecule has 0 aromatic carbocycles. The molecule has 0 amide bonds. The van der Waals surface area contributed by atoms with E-state index in [1.165, 1.54) is 7.11 Å². The number of Topliss-reactive ketones (excluding diaryl/α,β-unsaturated/α-hetero) is 1. The van der Waals surface area contributed by atoms with Gasteiger partial charge in [-0.3, -0.25) is 9.59 Å². The molecule has 17 heavy (non-hydrogen) atoms. The van der Waals surface area contributed by atoms with Crippen LogP contribution in [0.2, 0.25) is 0 Å². The smallest absolute Gasteiger partial charge is 0.308 e. The zero-order chi connectivity index (χ0) is 12.7. The molecule has 0 radical (unpaired) electrons. The third-order valence-electron chi connectivity index (χ3n) is 3.71. The van der Waals surface area contributed by atoms with E-state index in [9.17, 15) is 9.59 Å². The number of rotatable bonds is 6. The molecule has 0 spiro atoms. The molecule has 1 aliphatic rings. The lowest BCUT2D eigenvalue weighted by Gasteiger charge is -2.29. The maximum atomic E-state index is 11.8. The number of methoxy groups -OCH3 is 1. The summed E-state index contributed by atoms with van der Waals surface area (Å²) >= 11 is 0. The van der Waals surface area contributed by atoms with Crippen molar-refractivity contribution >= 4 is 11.8 Å². The van der Waals surface area contributed by atoms with Crippen LogP contribution in [-0.4, -0.2) is 18.9 Å². The van der Waals surface area contributed by atoms with Gasteiger partial charge in [-0.15, -0.1) is 0 Å². The normalized spacial score (nSPS) is 24.4. The molecule has 98 valence electrons. The summed E-state index contributed by atoms with van der Waals surface area (Å²) in [6.45, 7) is 2.09. The first-order valence-electron chi connectivity index (χ1n) is 6.78. The van der Waals surface area contributed by atoms with E-state index in [-0.39, 0.29) is 17.8 Å². The molecule has 3 heteroatoms. The molecular weight excluding hydrogens is 216 g/mol. The monoisotopic (exact) mass is 240 g/mol. The first kappa shape index (κ1) is 14.2. The molecule has 0 bridgehead atoms. The highest BCUT2D eigenvalue weighted by Crippen LogP contribution is 2.33. The number of hydrogen-bond acceptors (Lipinski definition) is 3. The highest BCUT2D eigenvalue weighted by Gasteiger charge is 2.32. The molecule has 1 fully saturated rings. The Bertz CT molecular complexity index is 260. The molecule has 0 unspecified atom stereocenters. The fraction of sp³-hybridized carbons (Fsp3) is 0.857. The van der Waals surface area contributed by atoms with Crippen LogP contribution in [0.5, 0.6) is 0 Å². The lowest BCUT2D eigenvalue weighted by atomic mass is 9.76. The summed E-state index contributed by atoms with van der Waals surface area (Å²) in [5, 5.41) is 0. The van der Waals surface area contributed by atoms with Crippen molar-refractivity contribution in [3.05, 3.63) is 0 Å². The number of hydrogen-bond donors (Lipinski definition) is 0. The molecule has 0 aromatic heterocycles. The number of ketones is 1. The molecule has 0 heterocycles. The summed E-state index contributed by atoms with van der Waals surface area (Å²) in [5.74, 6) is 0.366. The average Bonchev–Trinajstić information content (AvgIpc) is 2.36. The Balaban J connectivity index is 2.47. The van der Waals surface area contributed by atoms with Gasteiger partial charge in [-0.05, 0) is 25.2 Å². The molecule has 0 aromatic rings. The van der Waals surface area contributed by atoms with Crippen molar-refractivity contribution in [2.24, 2.45) is 11.8 Å². The van der Waals surface area contributed by atoms with E-state index in [0.717, 1.165) is 38.5 Å². The van der Waals surface area contributed by atoms with Gasteiger partial charge in [0, 0.05) is 12.8 Å².